The number of hydrogen-bond donors (Lipinski definition) is 2. The van der Waals surface area contributed by atoms with Crippen molar-refractivity contribution in [1.82, 2.24) is 5.32 Å². The molecule has 1 amide bonds. The zero-order valence-corrected chi connectivity index (χ0v) is 12.8. The van der Waals surface area contributed by atoms with Crippen molar-refractivity contribution >= 4 is 11.6 Å². The molecule has 0 bridgehead atoms. The van der Waals surface area contributed by atoms with Crippen molar-refractivity contribution in [3.8, 4) is 0 Å². The van der Waals surface area contributed by atoms with Crippen LogP contribution in [0.25, 0.3) is 0 Å². The molecule has 112 valence electrons. The van der Waals surface area contributed by atoms with Gasteiger partial charge < -0.3 is 16.0 Å². The molecule has 4 heteroatoms. The minimum atomic E-state index is -0.192. The largest absolute Gasteiger partial charge is 0.360 e. The van der Waals surface area contributed by atoms with Crippen molar-refractivity contribution in [3.05, 3.63) is 30.3 Å². The van der Waals surface area contributed by atoms with Crippen LogP contribution in [0.1, 0.15) is 27.2 Å². The van der Waals surface area contributed by atoms with Gasteiger partial charge in [-0.15, -0.1) is 0 Å². The fraction of sp³-hybridized carbons (Fsp3) is 0.562. The van der Waals surface area contributed by atoms with Crippen LogP contribution >= 0.6 is 0 Å². The number of carbonyl (C=O) groups is 1. The summed E-state index contributed by atoms with van der Waals surface area (Å²) in [6.07, 6.45) is 0.872. The van der Waals surface area contributed by atoms with Gasteiger partial charge in [0.2, 0.25) is 5.91 Å². The van der Waals surface area contributed by atoms with Gasteiger partial charge in [0, 0.05) is 18.8 Å². The molecule has 0 aliphatic heterocycles. The Morgan fingerprint density at radius 3 is 2.45 bits per heavy atom. The first-order valence-electron chi connectivity index (χ1n) is 7.35. The third-order valence-electron chi connectivity index (χ3n) is 3.22. The minimum absolute atomic E-state index is 0.0691. The summed E-state index contributed by atoms with van der Waals surface area (Å²) in [7, 11) is 0. The first-order chi connectivity index (χ1) is 9.56. The molecule has 20 heavy (non-hydrogen) atoms. The Labute approximate surface area is 122 Å². The third kappa shape index (κ3) is 5.21. The minimum Gasteiger partial charge on any atom is -0.360 e. The quantitative estimate of drug-likeness (QED) is 0.764. The van der Waals surface area contributed by atoms with E-state index in [1.165, 1.54) is 0 Å². The van der Waals surface area contributed by atoms with Crippen LogP contribution in [-0.2, 0) is 4.79 Å². The molecule has 1 atom stereocenters. The smallest absolute Gasteiger partial charge is 0.242 e. The van der Waals surface area contributed by atoms with E-state index in [0.29, 0.717) is 19.0 Å². The van der Waals surface area contributed by atoms with Gasteiger partial charge in [0.1, 0.15) is 6.04 Å². The van der Waals surface area contributed by atoms with Crippen LogP contribution < -0.4 is 16.0 Å². The number of nitrogens with two attached hydrogens (primary N) is 1. The summed E-state index contributed by atoms with van der Waals surface area (Å²) in [6.45, 7) is 8.25. The molecular weight excluding hydrogens is 250 g/mol. The van der Waals surface area contributed by atoms with E-state index in [-0.39, 0.29) is 11.9 Å². The molecule has 1 aromatic rings. The molecule has 0 fully saturated rings. The van der Waals surface area contributed by atoms with E-state index >= 15 is 0 Å². The Morgan fingerprint density at radius 2 is 1.90 bits per heavy atom. The van der Waals surface area contributed by atoms with E-state index in [2.05, 4.69) is 24.1 Å². The van der Waals surface area contributed by atoms with E-state index < -0.39 is 0 Å². The predicted molar refractivity (Wildman–Crippen MR) is 84.8 cm³/mol. The molecule has 1 unspecified atom stereocenters. The molecule has 0 radical (unpaired) electrons. The van der Waals surface area contributed by atoms with Crippen LogP contribution in [0.3, 0.4) is 0 Å². The highest BCUT2D eigenvalue weighted by Gasteiger charge is 2.21. The van der Waals surface area contributed by atoms with Crippen molar-refractivity contribution in [2.24, 2.45) is 11.7 Å². The van der Waals surface area contributed by atoms with Crippen LogP contribution in [0.2, 0.25) is 0 Å². The highest BCUT2D eigenvalue weighted by molar-refractivity contribution is 5.84. The Kier molecular flexibility index (Phi) is 7.09. The fourth-order valence-electron chi connectivity index (χ4n) is 2.02. The van der Waals surface area contributed by atoms with E-state index in [4.69, 9.17) is 5.73 Å². The van der Waals surface area contributed by atoms with Gasteiger partial charge in [-0.3, -0.25) is 4.79 Å². The number of amides is 1. The van der Waals surface area contributed by atoms with Crippen LogP contribution in [-0.4, -0.2) is 31.6 Å². The molecule has 4 nitrogen and oxygen atoms in total. The van der Waals surface area contributed by atoms with Crippen LogP contribution in [0.4, 0.5) is 5.69 Å². The normalized spacial score (nSPS) is 12.2. The number of benzene rings is 1. The van der Waals surface area contributed by atoms with E-state index in [9.17, 15) is 4.79 Å². The van der Waals surface area contributed by atoms with Crippen molar-refractivity contribution in [1.29, 1.82) is 0 Å². The Hall–Kier alpha value is -1.55. The fourth-order valence-corrected chi connectivity index (χ4v) is 2.02. The van der Waals surface area contributed by atoms with Gasteiger partial charge >= 0.3 is 0 Å². The molecule has 0 spiro atoms. The van der Waals surface area contributed by atoms with E-state index in [0.717, 1.165) is 18.7 Å². The first kappa shape index (κ1) is 16.5. The summed E-state index contributed by atoms with van der Waals surface area (Å²) < 4.78 is 0. The Balaban J connectivity index is 2.74. The highest BCUT2D eigenvalue weighted by atomic mass is 16.2. The third-order valence-corrected chi connectivity index (χ3v) is 3.22. The molecule has 0 saturated heterocycles. The number of rotatable bonds is 8. The Morgan fingerprint density at radius 1 is 1.25 bits per heavy atom. The van der Waals surface area contributed by atoms with Crippen molar-refractivity contribution < 1.29 is 4.79 Å². The molecule has 0 aliphatic rings. The van der Waals surface area contributed by atoms with Crippen LogP contribution in [0.15, 0.2) is 30.3 Å². The van der Waals surface area contributed by atoms with Gasteiger partial charge in [-0.05, 0) is 37.9 Å². The van der Waals surface area contributed by atoms with Crippen molar-refractivity contribution in [2.45, 2.75) is 33.2 Å². The number of para-hydroxylation sites is 1. The lowest BCUT2D eigenvalue weighted by atomic mass is 10.1. The zero-order valence-electron chi connectivity index (χ0n) is 12.8. The van der Waals surface area contributed by atoms with E-state index in [1.54, 1.807) is 0 Å². The summed E-state index contributed by atoms with van der Waals surface area (Å²) in [6, 6.07) is 9.83. The molecule has 1 aromatic carbocycles. The molecular formula is C16H27N3O. The number of nitrogens with zero attached hydrogens (tertiary/aromatic N) is 1. The Bertz CT molecular complexity index is 392. The van der Waals surface area contributed by atoms with Gasteiger partial charge in [0.15, 0.2) is 0 Å². The highest BCUT2D eigenvalue weighted by Crippen LogP contribution is 2.17. The zero-order chi connectivity index (χ0) is 15.0. The summed E-state index contributed by atoms with van der Waals surface area (Å²) >= 11 is 0. The average Bonchev–Trinajstić information content (AvgIpc) is 2.46. The summed E-state index contributed by atoms with van der Waals surface area (Å²) in [4.78, 5) is 14.4. The lowest BCUT2D eigenvalue weighted by Gasteiger charge is -2.30. The summed E-state index contributed by atoms with van der Waals surface area (Å²) in [5.41, 5.74) is 6.67. The molecule has 0 aliphatic carbocycles. The maximum atomic E-state index is 12.2. The maximum absolute atomic E-state index is 12.2. The van der Waals surface area contributed by atoms with Gasteiger partial charge in [0.05, 0.1) is 0 Å². The second-order valence-corrected chi connectivity index (χ2v) is 5.49. The SMILES string of the molecule is CC(C)CNC(=O)C(C)N(CCCN)c1ccccc1. The first-order valence-corrected chi connectivity index (χ1v) is 7.35. The van der Waals surface area contributed by atoms with Crippen LogP contribution in [0, 0.1) is 5.92 Å². The van der Waals surface area contributed by atoms with Gasteiger partial charge in [-0.25, -0.2) is 0 Å². The van der Waals surface area contributed by atoms with Crippen molar-refractivity contribution in [3.63, 3.8) is 0 Å². The maximum Gasteiger partial charge on any atom is 0.242 e. The van der Waals surface area contributed by atoms with Gasteiger partial charge in [0.25, 0.3) is 0 Å². The van der Waals surface area contributed by atoms with Gasteiger partial charge in [-0.2, -0.15) is 0 Å². The number of carbonyl (C=O) groups excluding carboxylic acids is 1. The number of nitrogens with one attached hydrogen (secondary N) is 1. The molecule has 3 N–H and O–H groups in total. The van der Waals surface area contributed by atoms with Gasteiger partial charge in [-0.1, -0.05) is 32.0 Å². The second-order valence-electron chi connectivity index (χ2n) is 5.49. The monoisotopic (exact) mass is 277 g/mol. The lowest BCUT2D eigenvalue weighted by Crippen LogP contribution is -2.46. The molecule has 0 aromatic heterocycles. The topological polar surface area (TPSA) is 58.4 Å². The predicted octanol–water partition coefficient (Wildman–Crippen LogP) is 2.00. The summed E-state index contributed by atoms with van der Waals surface area (Å²) in [5, 5.41) is 3.00. The number of hydrogen-bond acceptors (Lipinski definition) is 3. The average molecular weight is 277 g/mol. The molecule has 0 saturated carbocycles. The standard InChI is InChI=1S/C16H27N3O/c1-13(2)12-18-16(20)14(3)19(11-7-10-17)15-8-5-4-6-9-15/h4-6,8-9,13-14H,7,10-12,17H2,1-3H3,(H,18,20). The second kappa shape index (κ2) is 8.59. The van der Waals surface area contributed by atoms with Crippen molar-refractivity contribution in [2.75, 3.05) is 24.5 Å². The molecule has 0 heterocycles. The summed E-state index contributed by atoms with van der Waals surface area (Å²) in [5.74, 6) is 0.528. The van der Waals surface area contributed by atoms with Crippen LogP contribution in [0.5, 0.6) is 0 Å². The number of anilines is 1. The molecule has 1 rings (SSSR count). The van der Waals surface area contributed by atoms with E-state index in [1.807, 2.05) is 37.3 Å². The lowest BCUT2D eigenvalue weighted by molar-refractivity contribution is -0.122.